The van der Waals surface area contributed by atoms with Crippen molar-refractivity contribution in [3.05, 3.63) is 65.9 Å². The van der Waals surface area contributed by atoms with Crippen LogP contribution in [0.25, 0.3) is 5.69 Å². The zero-order valence-electron chi connectivity index (χ0n) is 18.6. The van der Waals surface area contributed by atoms with Crippen LogP contribution in [0.1, 0.15) is 36.9 Å². The number of Topliss-reactive ketones (excluding diaryl/α,β-unsaturated/α-hetero) is 1. The second kappa shape index (κ2) is 9.43. The molecule has 1 saturated carbocycles. The molecule has 1 aliphatic carbocycles. The van der Waals surface area contributed by atoms with Crippen molar-refractivity contribution in [2.45, 2.75) is 49.2 Å². The zero-order chi connectivity index (χ0) is 23.6. The molecule has 0 bridgehead atoms. The number of aryl methyl sites for hydroxylation is 2. The van der Waals surface area contributed by atoms with Gasteiger partial charge in [-0.3, -0.25) is 9.78 Å². The van der Waals surface area contributed by atoms with Crippen molar-refractivity contribution < 1.29 is 22.3 Å². The molecule has 174 valence electrons. The molecule has 1 aliphatic rings. The van der Waals surface area contributed by atoms with E-state index in [4.69, 9.17) is 4.74 Å². The van der Waals surface area contributed by atoms with Gasteiger partial charge >= 0.3 is 0 Å². The Labute approximate surface area is 192 Å². The average molecular weight is 472 g/mol. The lowest BCUT2D eigenvalue weighted by atomic mass is 9.97. The Balaban J connectivity index is 1.48. The fourth-order valence-corrected chi connectivity index (χ4v) is 6.44. The van der Waals surface area contributed by atoms with E-state index in [1.807, 2.05) is 19.1 Å². The summed E-state index contributed by atoms with van der Waals surface area (Å²) in [6.45, 7) is 1.90. The number of pyridine rings is 1. The van der Waals surface area contributed by atoms with Crippen LogP contribution >= 0.6 is 0 Å². The first kappa shape index (κ1) is 23.1. The number of halogens is 1. The molecule has 0 unspecified atom stereocenters. The van der Waals surface area contributed by atoms with E-state index >= 15 is 0 Å². The third-order valence-electron chi connectivity index (χ3n) is 6.15. The third kappa shape index (κ3) is 4.83. The quantitative estimate of drug-likeness (QED) is 0.463. The van der Waals surface area contributed by atoms with Gasteiger partial charge in [-0.1, -0.05) is 6.42 Å². The maximum absolute atomic E-state index is 13.2. The van der Waals surface area contributed by atoms with E-state index < -0.39 is 26.8 Å². The Morgan fingerprint density at radius 2 is 1.94 bits per heavy atom. The van der Waals surface area contributed by atoms with Gasteiger partial charge in [0.25, 0.3) is 0 Å². The Kier molecular flexibility index (Phi) is 6.60. The van der Waals surface area contributed by atoms with Crippen molar-refractivity contribution in [3.8, 4) is 11.6 Å². The van der Waals surface area contributed by atoms with E-state index in [0.29, 0.717) is 31.6 Å². The number of methoxy groups -OCH3 is 1. The molecule has 2 heterocycles. The number of ketones is 1. The molecule has 2 aromatic heterocycles. The maximum Gasteiger partial charge on any atom is 0.236 e. The summed E-state index contributed by atoms with van der Waals surface area (Å²) >= 11 is 0. The summed E-state index contributed by atoms with van der Waals surface area (Å²) in [4.78, 5) is 17.4. The van der Waals surface area contributed by atoms with Gasteiger partial charge in [0.2, 0.25) is 5.88 Å². The van der Waals surface area contributed by atoms with Crippen molar-refractivity contribution in [1.29, 1.82) is 0 Å². The monoisotopic (exact) mass is 471 g/mol. The Morgan fingerprint density at radius 3 is 2.61 bits per heavy atom. The van der Waals surface area contributed by atoms with Crippen LogP contribution in [0, 0.1) is 18.7 Å². The van der Waals surface area contributed by atoms with E-state index in [-0.39, 0.29) is 17.1 Å². The lowest BCUT2D eigenvalue weighted by Crippen LogP contribution is -2.31. The second-order valence-electron chi connectivity index (χ2n) is 8.31. The SMILES string of the molecule is COc1nn(-c2ccc(C)nc2)cc1CCC(=O)[C@@H]1CCC[C@@H]1S(=O)(=O)c1ccc(F)cc1. The molecular weight excluding hydrogens is 445 g/mol. The van der Waals surface area contributed by atoms with Crippen LogP contribution in [-0.2, 0) is 21.1 Å². The highest BCUT2D eigenvalue weighted by Gasteiger charge is 2.41. The van der Waals surface area contributed by atoms with Gasteiger partial charge in [-0.2, -0.15) is 0 Å². The summed E-state index contributed by atoms with van der Waals surface area (Å²) in [5.41, 5.74) is 2.44. The van der Waals surface area contributed by atoms with Crippen LogP contribution < -0.4 is 4.74 Å². The topological polar surface area (TPSA) is 91.2 Å². The standard InChI is InChI=1S/C24H26FN3O4S/c1-16-6-10-19(14-26-16)28-15-17(24(27-28)32-2)7-13-22(29)21-4-3-5-23(21)33(30,31)20-11-8-18(25)9-12-20/h6,8-12,14-15,21,23H,3-5,7,13H2,1-2H3/t21-,23-/m0/s1. The summed E-state index contributed by atoms with van der Waals surface area (Å²) < 4.78 is 46.5. The predicted molar refractivity (Wildman–Crippen MR) is 121 cm³/mol. The minimum absolute atomic E-state index is 0.0586. The number of aromatic nitrogens is 3. The number of nitrogens with zero attached hydrogens (tertiary/aromatic N) is 3. The smallest absolute Gasteiger partial charge is 0.236 e. The summed E-state index contributed by atoms with van der Waals surface area (Å²) in [6.07, 6.45) is 5.73. The lowest BCUT2D eigenvalue weighted by Gasteiger charge is -2.19. The minimum Gasteiger partial charge on any atom is -0.480 e. The summed E-state index contributed by atoms with van der Waals surface area (Å²) in [5.74, 6) is -0.730. The largest absolute Gasteiger partial charge is 0.480 e. The van der Waals surface area contributed by atoms with E-state index in [1.54, 1.807) is 17.1 Å². The van der Waals surface area contributed by atoms with Gasteiger partial charge in [0.1, 0.15) is 11.6 Å². The van der Waals surface area contributed by atoms with E-state index in [0.717, 1.165) is 29.1 Å². The first-order valence-electron chi connectivity index (χ1n) is 10.9. The van der Waals surface area contributed by atoms with Gasteiger partial charge in [-0.25, -0.2) is 17.5 Å². The molecule has 1 aromatic carbocycles. The first-order chi connectivity index (χ1) is 15.8. The molecule has 0 aliphatic heterocycles. The van der Waals surface area contributed by atoms with E-state index in [9.17, 15) is 17.6 Å². The number of benzene rings is 1. The highest BCUT2D eigenvalue weighted by Crippen LogP contribution is 2.36. The maximum atomic E-state index is 13.2. The number of carbonyl (C=O) groups excluding carboxylic acids is 1. The lowest BCUT2D eigenvalue weighted by molar-refractivity contribution is -0.122. The Hall–Kier alpha value is -3.07. The molecule has 7 nitrogen and oxygen atoms in total. The number of ether oxygens (including phenoxy) is 1. The van der Waals surface area contributed by atoms with Crippen LogP contribution in [0.5, 0.6) is 5.88 Å². The summed E-state index contributed by atoms with van der Waals surface area (Å²) in [5, 5.41) is 3.64. The minimum atomic E-state index is -3.72. The average Bonchev–Trinajstić information content (AvgIpc) is 3.46. The molecule has 0 N–H and O–H groups in total. The highest BCUT2D eigenvalue weighted by molar-refractivity contribution is 7.92. The van der Waals surface area contributed by atoms with Gasteiger partial charge in [-0.15, -0.1) is 5.10 Å². The molecule has 2 atom stereocenters. The highest BCUT2D eigenvalue weighted by atomic mass is 32.2. The Morgan fingerprint density at radius 1 is 1.18 bits per heavy atom. The number of carbonyl (C=O) groups is 1. The fraction of sp³-hybridized carbons (Fsp3) is 0.375. The number of hydrogen-bond acceptors (Lipinski definition) is 6. The number of sulfone groups is 1. The van der Waals surface area contributed by atoms with Crippen LogP contribution in [-0.4, -0.2) is 41.3 Å². The van der Waals surface area contributed by atoms with Crippen LogP contribution in [0.4, 0.5) is 4.39 Å². The molecular formula is C24H26FN3O4S. The zero-order valence-corrected chi connectivity index (χ0v) is 19.4. The normalized spacial score (nSPS) is 18.4. The summed E-state index contributed by atoms with van der Waals surface area (Å²) in [6, 6.07) is 8.58. The van der Waals surface area contributed by atoms with Crippen LogP contribution in [0.15, 0.2) is 53.7 Å². The van der Waals surface area contributed by atoms with E-state index in [1.165, 1.54) is 19.2 Å². The van der Waals surface area contributed by atoms with Gasteiger partial charge < -0.3 is 4.74 Å². The molecule has 0 radical (unpaired) electrons. The Bertz CT molecular complexity index is 1240. The fourth-order valence-electron chi connectivity index (χ4n) is 4.37. The molecule has 33 heavy (non-hydrogen) atoms. The van der Waals surface area contributed by atoms with Gasteiger partial charge in [0.15, 0.2) is 9.84 Å². The molecule has 0 amide bonds. The van der Waals surface area contributed by atoms with Gasteiger partial charge in [0, 0.05) is 29.8 Å². The molecule has 9 heteroatoms. The summed E-state index contributed by atoms with van der Waals surface area (Å²) in [7, 11) is -2.20. The van der Waals surface area contributed by atoms with Crippen molar-refractivity contribution in [2.75, 3.05) is 7.11 Å². The van der Waals surface area contributed by atoms with Gasteiger partial charge in [0.05, 0.1) is 29.1 Å². The van der Waals surface area contributed by atoms with Crippen molar-refractivity contribution >= 4 is 15.6 Å². The second-order valence-corrected chi connectivity index (χ2v) is 10.5. The third-order valence-corrected chi connectivity index (χ3v) is 8.44. The van der Waals surface area contributed by atoms with E-state index in [2.05, 4.69) is 10.1 Å². The van der Waals surface area contributed by atoms with Crippen molar-refractivity contribution in [3.63, 3.8) is 0 Å². The molecule has 1 fully saturated rings. The first-order valence-corrected chi connectivity index (χ1v) is 12.4. The van der Waals surface area contributed by atoms with Crippen LogP contribution in [0.2, 0.25) is 0 Å². The van der Waals surface area contributed by atoms with Crippen molar-refractivity contribution in [1.82, 2.24) is 14.8 Å². The molecule has 4 rings (SSSR count). The molecule has 0 saturated heterocycles. The van der Waals surface area contributed by atoms with Crippen LogP contribution in [0.3, 0.4) is 0 Å². The number of rotatable bonds is 8. The molecule has 3 aromatic rings. The van der Waals surface area contributed by atoms with Crippen molar-refractivity contribution in [2.24, 2.45) is 5.92 Å². The van der Waals surface area contributed by atoms with Gasteiger partial charge in [-0.05, 0) is 62.6 Å². The predicted octanol–water partition coefficient (Wildman–Crippen LogP) is 3.87. The molecule has 0 spiro atoms. The number of hydrogen-bond donors (Lipinski definition) is 0.